The second-order valence-corrected chi connectivity index (χ2v) is 6.08. The Morgan fingerprint density at radius 2 is 1.88 bits per heavy atom. The summed E-state index contributed by atoms with van der Waals surface area (Å²) < 4.78 is 20.2. The van der Waals surface area contributed by atoms with Crippen molar-refractivity contribution in [3.05, 3.63) is 0 Å². The van der Waals surface area contributed by atoms with Crippen LogP contribution in [0, 0.1) is 0 Å². The monoisotopic (exact) mass is 260 g/mol. The molecule has 0 aromatic rings. The molecular weight excluding hydrogens is 240 g/mol. The lowest BCUT2D eigenvalue weighted by Gasteiger charge is -2.30. The lowest BCUT2D eigenvalue weighted by atomic mass is 10.1. The van der Waals surface area contributed by atoms with Crippen molar-refractivity contribution in [2.45, 2.75) is 39.2 Å². The molecule has 98 valence electrons. The summed E-state index contributed by atoms with van der Waals surface area (Å²) in [6, 6.07) is 0. The van der Waals surface area contributed by atoms with Gasteiger partial charge in [-0.1, -0.05) is 0 Å². The third-order valence-electron chi connectivity index (χ3n) is 2.25. The van der Waals surface area contributed by atoms with Crippen LogP contribution in [-0.2, 0) is 15.7 Å². The first-order valence-electron chi connectivity index (χ1n) is 5.66. The molecule has 6 heteroatoms. The van der Waals surface area contributed by atoms with Crippen LogP contribution in [0.15, 0.2) is 4.40 Å². The molecule has 1 amide bonds. The van der Waals surface area contributed by atoms with E-state index in [-0.39, 0.29) is 6.09 Å². The van der Waals surface area contributed by atoms with E-state index in [0.717, 1.165) is 5.71 Å². The summed E-state index contributed by atoms with van der Waals surface area (Å²) in [6.07, 6.45) is 2.62. The van der Waals surface area contributed by atoms with Crippen LogP contribution in [0.25, 0.3) is 0 Å². The van der Waals surface area contributed by atoms with Crippen molar-refractivity contribution in [2.24, 2.45) is 4.40 Å². The van der Waals surface area contributed by atoms with Crippen LogP contribution in [0.2, 0.25) is 0 Å². The molecule has 1 unspecified atom stereocenters. The number of rotatable bonds is 1. The molecule has 0 radical (unpaired) electrons. The second kappa shape index (κ2) is 5.62. The minimum absolute atomic E-state index is 0.283. The van der Waals surface area contributed by atoms with Crippen molar-refractivity contribution in [3.63, 3.8) is 0 Å². The molecule has 0 aromatic heterocycles. The molecule has 0 N–H and O–H groups in total. The van der Waals surface area contributed by atoms with Gasteiger partial charge in [0.2, 0.25) is 0 Å². The Bertz CT molecular complexity index is 337. The molecule has 0 aromatic carbocycles. The number of ether oxygens (including phenoxy) is 1. The maximum atomic E-state index is 11.7. The lowest BCUT2D eigenvalue weighted by molar-refractivity contribution is 0.0249. The summed E-state index contributed by atoms with van der Waals surface area (Å²) in [5.74, 6) is 0. The zero-order valence-corrected chi connectivity index (χ0v) is 11.7. The highest BCUT2D eigenvalue weighted by atomic mass is 32.2. The fourth-order valence-corrected chi connectivity index (χ4v) is 2.09. The normalized spacial score (nSPS) is 18.8. The molecule has 1 fully saturated rings. The Morgan fingerprint density at radius 3 is 2.29 bits per heavy atom. The standard InChI is InChI=1S/C11H20N2O3S/c1-11(2,3)16-10(14)13-7-5-9(6-8-13)12-17(4)15/h5-8H2,1-4H3. The Hall–Kier alpha value is -0.910. The number of nitrogens with zero attached hydrogens (tertiary/aromatic N) is 2. The van der Waals surface area contributed by atoms with Gasteiger partial charge in [-0.2, -0.15) is 4.40 Å². The molecule has 0 saturated carbocycles. The van der Waals surface area contributed by atoms with Gasteiger partial charge >= 0.3 is 6.09 Å². The maximum Gasteiger partial charge on any atom is 0.410 e. The van der Waals surface area contributed by atoms with E-state index in [1.54, 1.807) is 11.2 Å². The fourth-order valence-electron chi connectivity index (χ4n) is 1.55. The molecule has 1 aliphatic rings. The van der Waals surface area contributed by atoms with Crippen LogP contribution >= 0.6 is 0 Å². The predicted octanol–water partition coefficient (Wildman–Crippen LogP) is 1.75. The minimum atomic E-state index is -1.15. The van der Waals surface area contributed by atoms with Crippen LogP contribution in [0.3, 0.4) is 0 Å². The van der Waals surface area contributed by atoms with Gasteiger partial charge in [0.05, 0.1) is 0 Å². The smallest absolute Gasteiger partial charge is 0.410 e. The summed E-state index contributed by atoms with van der Waals surface area (Å²) >= 11 is 0. The Labute approximate surface area is 105 Å². The van der Waals surface area contributed by atoms with Crippen molar-refractivity contribution in [1.29, 1.82) is 0 Å². The highest BCUT2D eigenvalue weighted by Crippen LogP contribution is 2.14. The number of hydrogen-bond acceptors (Lipinski definition) is 3. The zero-order chi connectivity index (χ0) is 13.1. The second-order valence-electron chi connectivity index (χ2n) is 5.05. The molecule has 0 bridgehead atoms. The van der Waals surface area contributed by atoms with E-state index in [4.69, 9.17) is 4.74 Å². The summed E-state index contributed by atoms with van der Waals surface area (Å²) in [7, 11) is -1.15. The first-order valence-corrected chi connectivity index (χ1v) is 7.17. The molecule has 0 aliphatic carbocycles. The summed E-state index contributed by atoms with van der Waals surface area (Å²) in [5.41, 5.74) is 0.460. The Balaban J connectivity index is 2.47. The topological polar surface area (TPSA) is 59.0 Å². The number of piperidine rings is 1. The fraction of sp³-hybridized carbons (Fsp3) is 0.818. The zero-order valence-electron chi connectivity index (χ0n) is 10.9. The van der Waals surface area contributed by atoms with Crippen LogP contribution in [-0.4, -0.2) is 45.9 Å². The van der Waals surface area contributed by atoms with Gasteiger partial charge in [0.1, 0.15) is 16.6 Å². The average Bonchev–Trinajstić information content (AvgIpc) is 2.15. The summed E-state index contributed by atoms with van der Waals surface area (Å²) in [4.78, 5) is 13.4. The molecule has 1 heterocycles. The average molecular weight is 260 g/mol. The highest BCUT2D eigenvalue weighted by molar-refractivity contribution is 7.83. The third-order valence-corrected chi connectivity index (χ3v) is 2.77. The van der Waals surface area contributed by atoms with Crippen molar-refractivity contribution in [3.8, 4) is 0 Å². The molecule has 1 rings (SSSR count). The molecule has 0 spiro atoms. The van der Waals surface area contributed by atoms with E-state index in [1.807, 2.05) is 20.8 Å². The minimum Gasteiger partial charge on any atom is -0.444 e. The quantitative estimate of drug-likeness (QED) is 0.721. The van der Waals surface area contributed by atoms with Crippen molar-refractivity contribution in [1.82, 2.24) is 4.90 Å². The molecule has 1 atom stereocenters. The third kappa shape index (κ3) is 5.30. The van der Waals surface area contributed by atoms with Crippen LogP contribution in [0.1, 0.15) is 33.6 Å². The van der Waals surface area contributed by atoms with Crippen molar-refractivity contribution >= 4 is 22.8 Å². The summed E-state index contributed by atoms with van der Waals surface area (Å²) in [5, 5.41) is 0. The van der Waals surface area contributed by atoms with E-state index >= 15 is 0 Å². The summed E-state index contributed by atoms with van der Waals surface area (Å²) in [6.45, 7) is 6.72. The molecule has 1 aliphatic heterocycles. The number of carbonyl (C=O) groups excluding carboxylic acids is 1. The van der Waals surface area contributed by atoms with Gasteiger partial charge in [-0.05, 0) is 20.8 Å². The van der Waals surface area contributed by atoms with Crippen LogP contribution in [0.5, 0.6) is 0 Å². The van der Waals surface area contributed by atoms with Gasteiger partial charge in [-0.25, -0.2) is 9.00 Å². The SMILES string of the molecule is CS(=O)N=C1CCN(C(=O)OC(C)(C)C)CC1. The van der Waals surface area contributed by atoms with Crippen molar-refractivity contribution in [2.75, 3.05) is 19.3 Å². The van der Waals surface area contributed by atoms with E-state index in [1.165, 1.54) is 0 Å². The first-order chi connectivity index (χ1) is 7.78. The molecular formula is C11H20N2O3S. The number of amides is 1. The van der Waals surface area contributed by atoms with Gasteiger partial charge in [-0.15, -0.1) is 0 Å². The van der Waals surface area contributed by atoms with Crippen molar-refractivity contribution < 1.29 is 13.7 Å². The molecule has 5 nitrogen and oxygen atoms in total. The van der Waals surface area contributed by atoms with Crippen LogP contribution < -0.4 is 0 Å². The van der Waals surface area contributed by atoms with Crippen LogP contribution in [0.4, 0.5) is 4.79 Å². The van der Waals surface area contributed by atoms with E-state index in [2.05, 4.69) is 4.40 Å². The van der Waals surface area contributed by atoms with Gasteiger partial charge in [0.15, 0.2) is 0 Å². The largest absolute Gasteiger partial charge is 0.444 e. The van der Waals surface area contributed by atoms with Gasteiger partial charge in [0.25, 0.3) is 0 Å². The Kier molecular flexibility index (Phi) is 4.68. The van der Waals surface area contributed by atoms with E-state index in [9.17, 15) is 9.00 Å². The number of likely N-dealkylation sites (tertiary alicyclic amines) is 1. The van der Waals surface area contributed by atoms with E-state index < -0.39 is 16.6 Å². The predicted molar refractivity (Wildman–Crippen MR) is 68.5 cm³/mol. The highest BCUT2D eigenvalue weighted by Gasteiger charge is 2.25. The Morgan fingerprint density at radius 1 is 1.35 bits per heavy atom. The first kappa shape index (κ1) is 14.2. The van der Waals surface area contributed by atoms with E-state index in [0.29, 0.717) is 25.9 Å². The van der Waals surface area contributed by atoms with Gasteiger partial charge in [0, 0.05) is 37.9 Å². The number of carbonyl (C=O) groups is 1. The number of hydrogen-bond donors (Lipinski definition) is 0. The van der Waals surface area contributed by atoms with Gasteiger partial charge in [-0.3, -0.25) is 0 Å². The molecule has 17 heavy (non-hydrogen) atoms. The maximum absolute atomic E-state index is 11.7. The molecule has 1 saturated heterocycles. The lowest BCUT2D eigenvalue weighted by Crippen LogP contribution is -2.41. The van der Waals surface area contributed by atoms with Gasteiger partial charge < -0.3 is 9.64 Å².